The Kier molecular flexibility index (Phi) is 3.52. The fourth-order valence-electron chi connectivity index (χ4n) is 1.37. The topological polar surface area (TPSA) is 72.0 Å². The average molecular weight is 267 g/mol. The number of nitrogens with one attached hydrogen (secondary N) is 1. The lowest BCUT2D eigenvalue weighted by molar-refractivity contribution is 0.600. The summed E-state index contributed by atoms with van der Waals surface area (Å²) in [4.78, 5) is 7.40. The molecule has 1 aromatic carbocycles. The lowest BCUT2D eigenvalue weighted by Gasteiger charge is -2.07. The minimum absolute atomic E-state index is 0.234. The second-order valence-electron chi connectivity index (χ2n) is 3.61. The largest absolute Gasteiger partial charge is 0.280 e. The van der Waals surface area contributed by atoms with Gasteiger partial charge in [-0.2, -0.15) is 0 Å². The summed E-state index contributed by atoms with van der Waals surface area (Å²) in [7, 11) is -3.55. The molecule has 0 saturated carbocycles. The van der Waals surface area contributed by atoms with Crippen LogP contribution in [0.2, 0.25) is 0 Å². The molecule has 0 aliphatic carbocycles. The van der Waals surface area contributed by atoms with Gasteiger partial charge in [-0.25, -0.2) is 22.8 Å². The average Bonchev–Trinajstić information content (AvgIpc) is 2.32. The van der Waals surface area contributed by atoms with Crippen molar-refractivity contribution in [2.45, 2.75) is 5.75 Å². The van der Waals surface area contributed by atoms with E-state index in [1.807, 2.05) is 0 Å². The first-order chi connectivity index (χ1) is 8.55. The maximum absolute atomic E-state index is 12.7. The van der Waals surface area contributed by atoms with Gasteiger partial charge >= 0.3 is 0 Å². The first-order valence-corrected chi connectivity index (χ1v) is 6.70. The van der Waals surface area contributed by atoms with E-state index >= 15 is 0 Å². The maximum Gasteiger partial charge on any atom is 0.237 e. The van der Waals surface area contributed by atoms with Gasteiger partial charge in [-0.15, -0.1) is 0 Å². The molecule has 0 aliphatic rings. The summed E-state index contributed by atoms with van der Waals surface area (Å²) < 4.78 is 38.6. The van der Waals surface area contributed by atoms with Gasteiger partial charge in [-0.1, -0.05) is 12.1 Å². The van der Waals surface area contributed by atoms with Crippen LogP contribution in [0.1, 0.15) is 5.56 Å². The number of benzene rings is 1. The van der Waals surface area contributed by atoms with Gasteiger partial charge in [0.2, 0.25) is 10.0 Å². The molecule has 5 nitrogen and oxygen atoms in total. The molecular formula is C11H10FN3O2S. The predicted octanol–water partition coefficient (Wildman–Crippen LogP) is 1.56. The molecular weight excluding hydrogens is 257 g/mol. The predicted molar refractivity (Wildman–Crippen MR) is 64.7 cm³/mol. The summed E-state index contributed by atoms with van der Waals surface area (Å²) in [6, 6.07) is 5.29. The fourth-order valence-corrected chi connectivity index (χ4v) is 2.54. The van der Waals surface area contributed by atoms with Crippen LogP contribution in [0, 0.1) is 5.82 Å². The number of nitrogens with zero attached hydrogens (tertiary/aromatic N) is 2. The van der Waals surface area contributed by atoms with Gasteiger partial charge in [0.1, 0.15) is 12.1 Å². The molecule has 2 rings (SSSR count). The van der Waals surface area contributed by atoms with E-state index in [9.17, 15) is 12.8 Å². The molecule has 94 valence electrons. The SMILES string of the molecule is O=S(=O)(Cc1ccc(F)cc1)Nc1cncnc1. The van der Waals surface area contributed by atoms with Crippen LogP contribution in [-0.2, 0) is 15.8 Å². The van der Waals surface area contributed by atoms with E-state index in [4.69, 9.17) is 0 Å². The number of hydrogen-bond acceptors (Lipinski definition) is 4. The quantitative estimate of drug-likeness (QED) is 0.912. The maximum atomic E-state index is 12.7. The first kappa shape index (κ1) is 12.4. The Balaban J connectivity index is 2.10. The summed E-state index contributed by atoms with van der Waals surface area (Å²) in [6.07, 6.45) is 4.02. The Hall–Kier alpha value is -2.02. The Morgan fingerprint density at radius 1 is 1.11 bits per heavy atom. The van der Waals surface area contributed by atoms with E-state index in [1.165, 1.54) is 43.0 Å². The molecule has 1 aromatic heterocycles. The van der Waals surface area contributed by atoms with Crippen LogP contribution in [-0.4, -0.2) is 18.4 Å². The van der Waals surface area contributed by atoms with Crippen molar-refractivity contribution < 1.29 is 12.8 Å². The summed E-state index contributed by atoms with van der Waals surface area (Å²) in [5.41, 5.74) is 0.792. The minimum Gasteiger partial charge on any atom is -0.280 e. The van der Waals surface area contributed by atoms with E-state index in [1.54, 1.807) is 0 Å². The Morgan fingerprint density at radius 2 is 1.72 bits per heavy atom. The first-order valence-electron chi connectivity index (χ1n) is 5.05. The van der Waals surface area contributed by atoms with Crippen LogP contribution in [0.15, 0.2) is 43.0 Å². The van der Waals surface area contributed by atoms with Crippen LogP contribution in [0.5, 0.6) is 0 Å². The van der Waals surface area contributed by atoms with E-state index < -0.39 is 15.8 Å². The third-order valence-electron chi connectivity index (χ3n) is 2.10. The normalized spacial score (nSPS) is 11.2. The molecule has 2 aromatic rings. The van der Waals surface area contributed by atoms with E-state index in [0.717, 1.165) is 0 Å². The van der Waals surface area contributed by atoms with Crippen molar-refractivity contribution >= 4 is 15.7 Å². The monoisotopic (exact) mass is 267 g/mol. The molecule has 18 heavy (non-hydrogen) atoms. The molecule has 0 unspecified atom stereocenters. The molecule has 0 bridgehead atoms. The summed E-state index contributed by atoms with van der Waals surface area (Å²) in [5.74, 6) is -0.636. The second-order valence-corrected chi connectivity index (χ2v) is 5.34. The number of rotatable bonds is 4. The van der Waals surface area contributed by atoms with Crippen LogP contribution in [0.4, 0.5) is 10.1 Å². The highest BCUT2D eigenvalue weighted by molar-refractivity contribution is 7.91. The van der Waals surface area contributed by atoms with Gasteiger partial charge in [0, 0.05) is 0 Å². The molecule has 0 atom stereocenters. The van der Waals surface area contributed by atoms with Crippen molar-refractivity contribution in [2.24, 2.45) is 0 Å². The highest BCUT2D eigenvalue weighted by atomic mass is 32.2. The van der Waals surface area contributed by atoms with Crippen molar-refractivity contribution in [1.29, 1.82) is 0 Å². The Morgan fingerprint density at radius 3 is 2.33 bits per heavy atom. The molecule has 1 N–H and O–H groups in total. The molecule has 0 fully saturated rings. The van der Waals surface area contributed by atoms with Crippen molar-refractivity contribution in [2.75, 3.05) is 4.72 Å². The summed E-state index contributed by atoms with van der Waals surface area (Å²) >= 11 is 0. The molecule has 0 radical (unpaired) electrons. The van der Waals surface area contributed by atoms with Crippen LogP contribution in [0.25, 0.3) is 0 Å². The van der Waals surface area contributed by atoms with Gasteiger partial charge in [0.05, 0.1) is 23.8 Å². The van der Waals surface area contributed by atoms with E-state index in [-0.39, 0.29) is 5.75 Å². The van der Waals surface area contributed by atoms with Gasteiger partial charge in [-0.05, 0) is 17.7 Å². The highest BCUT2D eigenvalue weighted by Gasteiger charge is 2.11. The second kappa shape index (κ2) is 5.09. The molecule has 1 heterocycles. The van der Waals surface area contributed by atoms with Gasteiger partial charge < -0.3 is 0 Å². The zero-order valence-electron chi connectivity index (χ0n) is 9.25. The lowest BCUT2D eigenvalue weighted by atomic mass is 10.2. The number of hydrogen-bond donors (Lipinski definition) is 1. The zero-order chi connectivity index (χ0) is 13.0. The van der Waals surface area contributed by atoms with Gasteiger partial charge in [0.15, 0.2) is 0 Å². The zero-order valence-corrected chi connectivity index (χ0v) is 10.1. The molecule has 0 saturated heterocycles. The molecule has 0 spiro atoms. The summed E-state index contributed by atoms with van der Waals surface area (Å²) in [5, 5.41) is 0. The van der Waals surface area contributed by atoms with Crippen molar-refractivity contribution in [3.63, 3.8) is 0 Å². The van der Waals surface area contributed by atoms with Crippen molar-refractivity contribution in [3.8, 4) is 0 Å². The Bertz CT molecular complexity index is 614. The molecule has 0 amide bonds. The number of anilines is 1. The van der Waals surface area contributed by atoms with Gasteiger partial charge in [-0.3, -0.25) is 4.72 Å². The minimum atomic E-state index is -3.55. The standard InChI is InChI=1S/C11H10FN3O2S/c12-10-3-1-9(2-4-10)7-18(16,17)15-11-5-13-8-14-6-11/h1-6,8,15H,7H2. The van der Waals surface area contributed by atoms with Crippen molar-refractivity contribution in [3.05, 3.63) is 54.4 Å². The third kappa shape index (κ3) is 3.49. The molecule has 0 aliphatic heterocycles. The lowest BCUT2D eigenvalue weighted by Crippen LogP contribution is -2.15. The van der Waals surface area contributed by atoms with Crippen molar-refractivity contribution in [1.82, 2.24) is 9.97 Å². The summed E-state index contributed by atoms with van der Waals surface area (Å²) in [6.45, 7) is 0. The van der Waals surface area contributed by atoms with Crippen LogP contribution in [0.3, 0.4) is 0 Å². The van der Waals surface area contributed by atoms with E-state index in [0.29, 0.717) is 11.3 Å². The molecule has 7 heteroatoms. The van der Waals surface area contributed by atoms with Gasteiger partial charge in [0.25, 0.3) is 0 Å². The van der Waals surface area contributed by atoms with Crippen LogP contribution >= 0.6 is 0 Å². The van der Waals surface area contributed by atoms with E-state index in [2.05, 4.69) is 14.7 Å². The number of halogens is 1. The highest BCUT2D eigenvalue weighted by Crippen LogP contribution is 2.11. The van der Waals surface area contributed by atoms with Crippen LogP contribution < -0.4 is 4.72 Å². The number of sulfonamides is 1. The number of aromatic nitrogens is 2. The smallest absolute Gasteiger partial charge is 0.237 e. The Labute approximate surface area is 104 Å². The third-order valence-corrected chi connectivity index (χ3v) is 3.36. The fraction of sp³-hybridized carbons (Fsp3) is 0.0909.